The summed E-state index contributed by atoms with van der Waals surface area (Å²) in [4.78, 5) is 28.1. The van der Waals surface area contributed by atoms with Gasteiger partial charge in [0.05, 0.1) is 0 Å². The number of benzene rings is 2. The Morgan fingerprint density at radius 1 is 0.636 bits per heavy atom. The maximum Gasteiger partial charge on any atom is 2.00 e. The van der Waals surface area contributed by atoms with Crippen LogP contribution in [0.3, 0.4) is 0 Å². The van der Waals surface area contributed by atoms with Gasteiger partial charge in [-0.25, -0.2) is 0 Å². The maximum absolute atomic E-state index is 11.6. The number of rotatable bonds is 6. The molecule has 1 radical (unpaired) electrons. The first-order valence-electron chi connectivity index (χ1n) is 15.7. The number of amides is 2. The molecule has 6 nitrogen and oxygen atoms in total. The van der Waals surface area contributed by atoms with Crippen LogP contribution in [0.4, 0.5) is 21.0 Å². The predicted octanol–water partition coefficient (Wildman–Crippen LogP) is 8.09. The first kappa shape index (κ1) is 36.9. The Bertz CT molecular complexity index is 1380. The molecule has 2 aliphatic rings. The quantitative estimate of drug-likeness (QED) is 0.153. The fourth-order valence-corrected chi connectivity index (χ4v) is 15.5. The van der Waals surface area contributed by atoms with Gasteiger partial charge < -0.3 is 9.80 Å². The Morgan fingerprint density at radius 3 is 1.32 bits per heavy atom. The van der Waals surface area contributed by atoms with Crippen molar-refractivity contribution in [2.24, 2.45) is 0 Å². The Morgan fingerprint density at radius 2 is 0.977 bits per heavy atom. The standard InChI is InChI=1S/2C13H14N.2C4H11NOSi.In.Zr/c2*1-2-6-12-11(5-1)7-8-13(12)14-9-3-4-10-14;2*1-7(2,3)4(5)6;;/h2*1-2,5-8H,3-4,9-10H2;2*1-3H3,(H2,5,6);;/q2*-1;;;2*+2/p-2. The fourth-order valence-electron chi connectivity index (χ4n) is 5.34. The second-order valence-corrected chi connectivity index (χ2v) is 26.0. The topological polar surface area (TPSA) is 64.7 Å². The molecule has 0 aromatic heterocycles. The molecule has 44 heavy (non-hydrogen) atoms. The zero-order valence-corrected chi connectivity index (χ0v) is 35.1. The van der Waals surface area contributed by atoms with Crippen LogP contribution in [0, 0.1) is 0 Å². The molecule has 2 N–H and O–H groups in total. The summed E-state index contributed by atoms with van der Waals surface area (Å²) in [5.41, 5.74) is 3.19. The summed E-state index contributed by atoms with van der Waals surface area (Å²) < 4.78 is 5.86. The normalized spacial score (nSPS) is 14.7. The maximum atomic E-state index is 11.6. The van der Waals surface area contributed by atoms with E-state index in [0.717, 1.165) is 0 Å². The summed E-state index contributed by atoms with van der Waals surface area (Å²) in [5.74, 6) is 0. The van der Waals surface area contributed by atoms with E-state index in [1.165, 1.54) is 84.8 Å². The zero-order chi connectivity index (χ0) is 31.0. The van der Waals surface area contributed by atoms with Crippen LogP contribution in [-0.2, 0) is 26.2 Å². The van der Waals surface area contributed by atoms with Crippen molar-refractivity contribution in [3.05, 3.63) is 72.8 Å². The first-order valence-corrected chi connectivity index (χ1v) is 26.0. The molecule has 4 aromatic rings. The molecule has 2 heterocycles. The minimum Gasteiger partial charge on any atom is -0.417 e. The molecule has 2 aliphatic heterocycles. The number of nitrogens with one attached hydrogen (secondary N) is 2. The van der Waals surface area contributed by atoms with Crippen LogP contribution >= 0.6 is 0 Å². The summed E-state index contributed by atoms with van der Waals surface area (Å²) >= 11 is -1.43. The van der Waals surface area contributed by atoms with Crippen molar-refractivity contribution >= 4 is 83.6 Å². The summed E-state index contributed by atoms with van der Waals surface area (Å²) in [6, 6.07) is 26.3. The number of carbonyl (C=O) groups is 2. The van der Waals surface area contributed by atoms with Crippen molar-refractivity contribution in [2.45, 2.75) is 65.0 Å². The molecule has 6 rings (SSSR count). The summed E-state index contributed by atoms with van der Waals surface area (Å²) in [7, 11) is -3.44. The number of anilines is 2. The van der Waals surface area contributed by atoms with E-state index in [4.69, 9.17) is 0 Å². The van der Waals surface area contributed by atoms with Crippen LogP contribution in [0.15, 0.2) is 72.8 Å². The van der Waals surface area contributed by atoms with Crippen LogP contribution < -0.4 is 16.4 Å². The van der Waals surface area contributed by atoms with E-state index in [9.17, 15) is 9.59 Å². The molecule has 0 unspecified atom stereocenters. The number of carbonyl (C=O) groups excluding carboxylic acids is 2. The van der Waals surface area contributed by atoms with Crippen molar-refractivity contribution in [1.82, 2.24) is 6.61 Å². The van der Waals surface area contributed by atoms with Gasteiger partial charge >= 0.3 is 132 Å². The average Bonchev–Trinajstić information content (AvgIpc) is 3.78. The molecule has 0 saturated carbocycles. The molecule has 2 fully saturated rings. The molecule has 0 spiro atoms. The molecular formula is C34H48InN4O2Si2Zr. The van der Waals surface area contributed by atoms with E-state index < -0.39 is 39.6 Å². The first-order chi connectivity index (χ1) is 20.4. The molecule has 4 aromatic carbocycles. The molecule has 0 atom stereocenters. The van der Waals surface area contributed by atoms with Crippen LogP contribution in [0.2, 0.25) is 39.3 Å². The van der Waals surface area contributed by atoms with Crippen LogP contribution in [0.5, 0.6) is 0 Å². The Kier molecular flexibility index (Phi) is 14.1. The smallest absolute Gasteiger partial charge is 0.417 e. The second-order valence-electron chi connectivity index (χ2n) is 13.6. The van der Waals surface area contributed by atoms with E-state index in [1.54, 1.807) is 0 Å². The van der Waals surface area contributed by atoms with Crippen molar-refractivity contribution in [3.63, 3.8) is 0 Å². The SMILES string of the molecule is C[Si](C)(C)C(=O)[NH][In][NH]C(=O)[Si](C)(C)C.[Zr+2].c1ccc2c(N3CCCC3)c[cH-]c2c1.c1ccc2c(N3CCCC3)c[cH-]c2c1. The van der Waals surface area contributed by atoms with Gasteiger partial charge in [-0.3, -0.25) is 0 Å². The number of fused-ring (bicyclic) bond motifs is 2. The summed E-state index contributed by atoms with van der Waals surface area (Å²) in [6.45, 7) is 17.0. The van der Waals surface area contributed by atoms with Crippen molar-refractivity contribution in [1.29, 1.82) is 0 Å². The Balaban J connectivity index is 0.000000178. The van der Waals surface area contributed by atoms with Gasteiger partial charge in [0.15, 0.2) is 0 Å². The molecule has 0 bridgehead atoms. The fraction of sp³-hybridized carbons (Fsp3) is 0.412. The van der Waals surface area contributed by atoms with Crippen molar-refractivity contribution in [3.8, 4) is 0 Å². The molecule has 0 aliphatic carbocycles. The van der Waals surface area contributed by atoms with Gasteiger partial charge in [0.1, 0.15) is 0 Å². The van der Waals surface area contributed by atoms with E-state index >= 15 is 0 Å². The van der Waals surface area contributed by atoms with Crippen molar-refractivity contribution < 1.29 is 35.8 Å². The van der Waals surface area contributed by atoms with E-state index in [-0.39, 0.29) is 37.3 Å². The molecular weight excluding hydrogens is 759 g/mol. The minimum atomic E-state index is -1.72. The molecule has 231 valence electrons. The predicted molar refractivity (Wildman–Crippen MR) is 191 cm³/mol. The summed E-state index contributed by atoms with van der Waals surface area (Å²) in [5, 5.41) is 5.56. The Labute approximate surface area is 297 Å². The third-order valence-corrected chi connectivity index (χ3v) is 15.0. The van der Waals surface area contributed by atoms with Gasteiger partial charge in [-0.05, 0) is 25.7 Å². The second kappa shape index (κ2) is 16.8. The van der Waals surface area contributed by atoms with Gasteiger partial charge in [0, 0.05) is 26.2 Å². The van der Waals surface area contributed by atoms with Gasteiger partial charge in [0.2, 0.25) is 0 Å². The van der Waals surface area contributed by atoms with Crippen LogP contribution in [0.1, 0.15) is 25.7 Å². The van der Waals surface area contributed by atoms with E-state index in [1.807, 2.05) is 39.3 Å². The minimum absolute atomic E-state index is 0. The zero-order valence-electron chi connectivity index (χ0n) is 27.4. The molecule has 2 saturated heterocycles. The third kappa shape index (κ3) is 10.2. The molecule has 10 heteroatoms. The van der Waals surface area contributed by atoms with Gasteiger partial charge in [-0.15, -0.1) is 82.2 Å². The average molecular weight is 807 g/mol. The van der Waals surface area contributed by atoms with Gasteiger partial charge in [0.25, 0.3) is 0 Å². The van der Waals surface area contributed by atoms with Gasteiger partial charge in [-0.1, -0.05) is 23.5 Å². The number of hydrogen-bond donors (Lipinski definition) is 2. The number of nitrogens with zero attached hydrogens (tertiary/aromatic N) is 2. The van der Waals surface area contributed by atoms with E-state index in [0.29, 0.717) is 0 Å². The monoisotopic (exact) mass is 805 g/mol. The van der Waals surface area contributed by atoms with Crippen molar-refractivity contribution in [2.75, 3.05) is 36.0 Å². The van der Waals surface area contributed by atoms with Gasteiger partial charge in [-0.2, -0.15) is 0 Å². The molecule has 2 amide bonds. The van der Waals surface area contributed by atoms with Crippen LogP contribution in [-0.4, -0.2) is 76.9 Å². The summed E-state index contributed by atoms with van der Waals surface area (Å²) in [6.07, 6.45) is 5.39. The Hall–Kier alpha value is -1.61. The van der Waals surface area contributed by atoms with Crippen LogP contribution in [0.25, 0.3) is 21.5 Å². The van der Waals surface area contributed by atoms with E-state index in [2.05, 4.69) is 89.2 Å². The largest absolute Gasteiger partial charge is 2.00 e. The number of hydrogen-bond acceptors (Lipinski definition) is 4. The third-order valence-electron chi connectivity index (χ3n) is 7.98.